The third-order valence-electron chi connectivity index (χ3n) is 4.71. The Bertz CT molecular complexity index is 1490. The first-order valence-electron chi connectivity index (χ1n) is 9.74. The number of anilines is 2. The molecule has 2 aromatic carbocycles. The highest BCUT2D eigenvalue weighted by Crippen LogP contribution is 2.29. The van der Waals surface area contributed by atoms with Crippen molar-refractivity contribution in [2.24, 2.45) is 7.05 Å². The van der Waals surface area contributed by atoms with E-state index in [1.165, 1.54) is 6.07 Å². The van der Waals surface area contributed by atoms with Crippen molar-refractivity contribution in [1.82, 2.24) is 19.9 Å². The maximum Gasteiger partial charge on any atom is 0.573 e. The molecule has 0 aliphatic rings. The van der Waals surface area contributed by atoms with Gasteiger partial charge in [-0.2, -0.15) is 4.98 Å². The summed E-state index contributed by atoms with van der Waals surface area (Å²) in [6, 6.07) is 8.32. The summed E-state index contributed by atoms with van der Waals surface area (Å²) in [5.74, 6) is -0.746. The van der Waals surface area contributed by atoms with Crippen molar-refractivity contribution in [2.45, 2.75) is 6.36 Å². The van der Waals surface area contributed by atoms with E-state index in [-0.39, 0.29) is 23.9 Å². The number of nitrogens with zero attached hydrogens (tertiary/aromatic N) is 3. The van der Waals surface area contributed by atoms with Crippen LogP contribution < -0.4 is 15.4 Å². The minimum atomic E-state index is -4.83. The van der Waals surface area contributed by atoms with E-state index >= 15 is 0 Å². The number of benzene rings is 2. The van der Waals surface area contributed by atoms with Gasteiger partial charge in [-0.1, -0.05) is 0 Å². The fraction of sp³-hybridized carbons (Fsp3) is 0.250. The van der Waals surface area contributed by atoms with Gasteiger partial charge in [0.1, 0.15) is 21.1 Å². The van der Waals surface area contributed by atoms with E-state index in [1.807, 2.05) is 0 Å². The molecule has 0 spiro atoms. The quantitative estimate of drug-likeness (QED) is 0.399. The lowest BCUT2D eigenvalue weighted by Gasteiger charge is -2.07. The van der Waals surface area contributed by atoms with Crippen LogP contribution in [0.2, 0.25) is 0 Å². The standard InChI is InChI=1S/C20H18F3N5O5S/c1-28-15-6-3-11(17(29)24-7-8-34(2,30)31)9-14(15)25-18(28)27-19-26-13-5-4-12(10-16(13)32-19)33-20(21,22)23/h3-6,9-10H,7-8H2,1-2H3,(H,24,29)(H,25,26,27). The number of hydrogen-bond donors (Lipinski definition) is 2. The summed E-state index contributed by atoms with van der Waals surface area (Å²) in [5, 5.41) is 5.40. The SMILES string of the molecule is Cn1c(Nc2nc3ccc(OC(F)(F)F)cc3o2)nc2cc(C(=O)NCCS(C)(=O)=O)ccc21. The predicted octanol–water partition coefficient (Wildman–Crippen LogP) is 3.13. The first-order chi connectivity index (χ1) is 15.9. The number of amides is 1. The number of ether oxygens (including phenoxy) is 1. The summed E-state index contributed by atoms with van der Waals surface area (Å²) in [6.07, 6.45) is -3.75. The van der Waals surface area contributed by atoms with Crippen molar-refractivity contribution in [3.8, 4) is 5.75 Å². The second-order valence-electron chi connectivity index (χ2n) is 7.41. The maximum absolute atomic E-state index is 12.4. The summed E-state index contributed by atoms with van der Waals surface area (Å²) in [6.45, 7) is -0.0157. The van der Waals surface area contributed by atoms with Gasteiger partial charge in [0.05, 0.1) is 16.8 Å². The summed E-state index contributed by atoms with van der Waals surface area (Å²) >= 11 is 0. The van der Waals surface area contributed by atoms with Crippen LogP contribution in [-0.4, -0.2) is 53.8 Å². The van der Waals surface area contributed by atoms with E-state index in [2.05, 4.69) is 25.3 Å². The number of fused-ring (bicyclic) bond motifs is 2. The molecule has 10 nitrogen and oxygen atoms in total. The average molecular weight is 497 g/mol. The van der Waals surface area contributed by atoms with E-state index < -0.39 is 27.9 Å². The molecule has 0 saturated heterocycles. The van der Waals surface area contributed by atoms with Crippen molar-refractivity contribution in [3.63, 3.8) is 0 Å². The minimum absolute atomic E-state index is 0.00342. The van der Waals surface area contributed by atoms with Crippen LogP contribution in [-0.2, 0) is 16.9 Å². The Morgan fingerprint density at radius 2 is 1.91 bits per heavy atom. The molecule has 4 aromatic rings. The highest BCUT2D eigenvalue weighted by Gasteiger charge is 2.31. The Kier molecular flexibility index (Phi) is 5.85. The molecule has 1 amide bonds. The van der Waals surface area contributed by atoms with Gasteiger partial charge in [0.25, 0.3) is 5.91 Å². The zero-order valence-corrected chi connectivity index (χ0v) is 18.6. The zero-order valence-electron chi connectivity index (χ0n) is 17.8. The lowest BCUT2D eigenvalue weighted by molar-refractivity contribution is -0.274. The van der Waals surface area contributed by atoms with Crippen molar-refractivity contribution in [2.75, 3.05) is 23.9 Å². The number of aromatic nitrogens is 3. The van der Waals surface area contributed by atoms with Gasteiger partial charge in [-0.05, 0) is 30.3 Å². The highest BCUT2D eigenvalue weighted by atomic mass is 32.2. The molecule has 0 aliphatic carbocycles. The second kappa shape index (κ2) is 8.52. The Morgan fingerprint density at radius 1 is 1.15 bits per heavy atom. The van der Waals surface area contributed by atoms with Gasteiger partial charge in [0, 0.05) is 31.5 Å². The van der Waals surface area contributed by atoms with Gasteiger partial charge >= 0.3 is 12.4 Å². The van der Waals surface area contributed by atoms with E-state index in [9.17, 15) is 26.4 Å². The summed E-state index contributed by atoms with van der Waals surface area (Å²) < 4.78 is 70.7. The first kappa shape index (κ1) is 23.4. The van der Waals surface area contributed by atoms with Crippen LogP contribution in [0, 0.1) is 0 Å². The van der Waals surface area contributed by atoms with Crippen LogP contribution in [0.4, 0.5) is 25.1 Å². The molecule has 14 heteroatoms. The van der Waals surface area contributed by atoms with E-state index in [4.69, 9.17) is 4.42 Å². The number of hydrogen-bond acceptors (Lipinski definition) is 8. The number of rotatable bonds is 7. The van der Waals surface area contributed by atoms with Crippen molar-refractivity contribution in [3.05, 3.63) is 42.0 Å². The van der Waals surface area contributed by atoms with Crippen molar-refractivity contribution in [1.29, 1.82) is 0 Å². The number of halogens is 3. The molecule has 0 fully saturated rings. The molecule has 0 aliphatic heterocycles. The maximum atomic E-state index is 12.4. The fourth-order valence-corrected chi connectivity index (χ4v) is 3.63. The molecule has 0 radical (unpaired) electrons. The van der Waals surface area contributed by atoms with Crippen LogP contribution in [0.5, 0.6) is 5.75 Å². The largest absolute Gasteiger partial charge is 0.573 e. The monoisotopic (exact) mass is 497 g/mol. The minimum Gasteiger partial charge on any atom is -0.423 e. The van der Waals surface area contributed by atoms with E-state index in [0.29, 0.717) is 28.1 Å². The molecule has 4 rings (SSSR count). The van der Waals surface area contributed by atoms with Crippen molar-refractivity contribution < 1.29 is 35.5 Å². The molecule has 2 aromatic heterocycles. The van der Waals surface area contributed by atoms with Gasteiger partial charge in [-0.3, -0.25) is 10.1 Å². The molecule has 0 saturated carbocycles. The van der Waals surface area contributed by atoms with Crippen LogP contribution in [0.15, 0.2) is 40.8 Å². The number of sulfone groups is 1. The number of nitrogens with one attached hydrogen (secondary N) is 2. The zero-order chi connectivity index (χ0) is 24.7. The van der Waals surface area contributed by atoms with Gasteiger partial charge in [-0.15, -0.1) is 13.2 Å². The number of carbonyl (C=O) groups is 1. The molecular weight excluding hydrogens is 479 g/mol. The fourth-order valence-electron chi connectivity index (χ4n) is 3.16. The van der Waals surface area contributed by atoms with Crippen LogP contribution >= 0.6 is 0 Å². The number of alkyl halides is 3. The first-order valence-corrected chi connectivity index (χ1v) is 11.8. The third-order valence-corrected chi connectivity index (χ3v) is 5.66. The number of aryl methyl sites for hydroxylation is 1. The molecule has 180 valence electrons. The number of oxazole rings is 1. The molecule has 2 N–H and O–H groups in total. The molecule has 2 heterocycles. The Morgan fingerprint density at radius 3 is 2.62 bits per heavy atom. The predicted molar refractivity (Wildman–Crippen MR) is 117 cm³/mol. The Hall–Kier alpha value is -3.81. The third kappa shape index (κ3) is 5.39. The smallest absolute Gasteiger partial charge is 0.423 e. The summed E-state index contributed by atoms with van der Waals surface area (Å²) in [4.78, 5) is 20.9. The summed E-state index contributed by atoms with van der Waals surface area (Å²) in [7, 11) is -1.49. The molecular formula is C20H18F3N5O5S. The van der Waals surface area contributed by atoms with E-state index in [0.717, 1.165) is 18.4 Å². The van der Waals surface area contributed by atoms with Gasteiger partial charge in [0.2, 0.25) is 5.95 Å². The van der Waals surface area contributed by atoms with Crippen LogP contribution in [0.3, 0.4) is 0 Å². The van der Waals surface area contributed by atoms with E-state index in [1.54, 1.807) is 29.8 Å². The Labute approximate surface area is 190 Å². The van der Waals surface area contributed by atoms with Gasteiger partial charge in [0.15, 0.2) is 5.58 Å². The molecule has 0 bridgehead atoms. The van der Waals surface area contributed by atoms with Crippen LogP contribution in [0.1, 0.15) is 10.4 Å². The summed E-state index contributed by atoms with van der Waals surface area (Å²) in [5.41, 5.74) is 1.83. The molecule has 0 atom stereocenters. The Balaban J connectivity index is 1.53. The average Bonchev–Trinajstić information content (AvgIpc) is 3.25. The topological polar surface area (TPSA) is 128 Å². The second-order valence-corrected chi connectivity index (χ2v) is 9.66. The number of carbonyl (C=O) groups excluding carboxylic acids is 1. The van der Waals surface area contributed by atoms with Crippen LogP contribution in [0.25, 0.3) is 22.1 Å². The highest BCUT2D eigenvalue weighted by molar-refractivity contribution is 7.90. The molecule has 0 unspecified atom stereocenters. The lowest BCUT2D eigenvalue weighted by atomic mass is 10.2. The lowest BCUT2D eigenvalue weighted by Crippen LogP contribution is -2.28. The van der Waals surface area contributed by atoms with Gasteiger partial charge in [-0.25, -0.2) is 13.4 Å². The van der Waals surface area contributed by atoms with Crippen molar-refractivity contribution >= 4 is 49.8 Å². The molecule has 34 heavy (non-hydrogen) atoms. The normalized spacial score (nSPS) is 12.3. The van der Waals surface area contributed by atoms with Gasteiger partial charge < -0.3 is 19.0 Å². The number of imidazole rings is 1.